The molecule has 4 nitrogen and oxygen atoms in total. The van der Waals surface area contributed by atoms with E-state index in [1.54, 1.807) is 0 Å². The van der Waals surface area contributed by atoms with Gasteiger partial charge in [-0.15, -0.1) is 0 Å². The van der Waals surface area contributed by atoms with Gasteiger partial charge in [-0.1, -0.05) is 6.92 Å². The average Bonchev–Trinajstić information content (AvgIpc) is 2.34. The number of hydrogen-bond donors (Lipinski definition) is 2. The highest BCUT2D eigenvalue weighted by molar-refractivity contribution is 5.96. The minimum atomic E-state index is -0.456. The molecular weight excluding hydrogens is 223 g/mol. The van der Waals surface area contributed by atoms with Crippen LogP contribution in [0, 0.1) is 5.82 Å². The van der Waals surface area contributed by atoms with Gasteiger partial charge in [-0.05, 0) is 24.7 Å². The fourth-order valence-electron chi connectivity index (χ4n) is 1.39. The zero-order valence-corrected chi connectivity index (χ0v) is 10.0. The Labute approximate surface area is 100 Å². The second-order valence-electron chi connectivity index (χ2n) is 3.45. The molecule has 1 aromatic carbocycles. The van der Waals surface area contributed by atoms with Crippen molar-refractivity contribution in [1.82, 2.24) is 10.6 Å². The maximum Gasteiger partial charge on any atom is 0.255 e. The highest BCUT2D eigenvalue weighted by Crippen LogP contribution is 2.18. The van der Waals surface area contributed by atoms with Gasteiger partial charge in [0.15, 0.2) is 0 Å². The summed E-state index contributed by atoms with van der Waals surface area (Å²) in [4.78, 5) is 11.8. The van der Waals surface area contributed by atoms with E-state index in [4.69, 9.17) is 4.74 Å². The van der Waals surface area contributed by atoms with E-state index in [0.717, 1.165) is 6.54 Å². The predicted octanol–water partition coefficient (Wildman–Crippen LogP) is 1.17. The molecule has 0 radical (unpaired) electrons. The quantitative estimate of drug-likeness (QED) is 0.734. The molecule has 1 amide bonds. The number of hydrogen-bond acceptors (Lipinski definition) is 3. The van der Waals surface area contributed by atoms with Crippen molar-refractivity contribution in [3.8, 4) is 5.75 Å². The number of ether oxygens (including phenoxy) is 1. The monoisotopic (exact) mass is 240 g/mol. The summed E-state index contributed by atoms with van der Waals surface area (Å²) in [5.74, 6) is -0.422. The van der Waals surface area contributed by atoms with Gasteiger partial charge in [0.1, 0.15) is 11.6 Å². The van der Waals surface area contributed by atoms with E-state index in [1.807, 2.05) is 6.92 Å². The first-order valence-electron chi connectivity index (χ1n) is 5.51. The minimum Gasteiger partial charge on any atom is -0.496 e. The molecule has 0 aromatic heterocycles. The number of carbonyl (C=O) groups is 1. The molecule has 0 atom stereocenters. The van der Waals surface area contributed by atoms with Gasteiger partial charge in [0.2, 0.25) is 0 Å². The molecule has 5 heteroatoms. The number of methoxy groups -OCH3 is 1. The van der Waals surface area contributed by atoms with Crippen molar-refractivity contribution >= 4 is 5.91 Å². The summed E-state index contributed by atoms with van der Waals surface area (Å²) in [6.45, 7) is 4.00. The molecule has 0 aliphatic heterocycles. The summed E-state index contributed by atoms with van der Waals surface area (Å²) in [7, 11) is 1.45. The van der Waals surface area contributed by atoms with Crippen LogP contribution < -0.4 is 15.4 Å². The Balaban J connectivity index is 2.64. The molecular formula is C12H17FN2O2. The van der Waals surface area contributed by atoms with Crippen LogP contribution in [0.3, 0.4) is 0 Å². The summed E-state index contributed by atoms with van der Waals surface area (Å²) in [5, 5.41) is 5.76. The van der Waals surface area contributed by atoms with Crippen LogP contribution >= 0.6 is 0 Å². The second-order valence-corrected chi connectivity index (χ2v) is 3.45. The molecule has 0 unspecified atom stereocenters. The SMILES string of the molecule is CCNCCNC(=O)c1cc(F)ccc1OC. The zero-order chi connectivity index (χ0) is 12.7. The van der Waals surface area contributed by atoms with Crippen molar-refractivity contribution in [2.75, 3.05) is 26.7 Å². The van der Waals surface area contributed by atoms with Gasteiger partial charge in [0.25, 0.3) is 5.91 Å². The third kappa shape index (κ3) is 4.03. The molecule has 1 rings (SSSR count). The summed E-state index contributed by atoms with van der Waals surface area (Å²) in [6, 6.07) is 3.87. The van der Waals surface area contributed by atoms with Crippen LogP contribution in [0.5, 0.6) is 5.75 Å². The third-order valence-corrected chi connectivity index (χ3v) is 2.24. The lowest BCUT2D eigenvalue weighted by Crippen LogP contribution is -2.32. The van der Waals surface area contributed by atoms with Gasteiger partial charge in [-0.2, -0.15) is 0 Å². The van der Waals surface area contributed by atoms with Gasteiger partial charge < -0.3 is 15.4 Å². The molecule has 1 aromatic rings. The summed E-state index contributed by atoms with van der Waals surface area (Å²) in [6.07, 6.45) is 0. The number of benzene rings is 1. The topological polar surface area (TPSA) is 50.4 Å². The van der Waals surface area contributed by atoms with Crippen LogP contribution in [0.1, 0.15) is 17.3 Å². The summed E-state index contributed by atoms with van der Waals surface area (Å²) >= 11 is 0. The van der Waals surface area contributed by atoms with Gasteiger partial charge in [-0.3, -0.25) is 4.79 Å². The molecule has 0 aliphatic rings. The Morgan fingerprint density at radius 2 is 2.18 bits per heavy atom. The number of likely N-dealkylation sites (N-methyl/N-ethyl adjacent to an activating group) is 1. The Kier molecular flexibility index (Phi) is 5.42. The molecule has 0 bridgehead atoms. The summed E-state index contributed by atoms with van der Waals surface area (Å²) in [5.41, 5.74) is 0.212. The molecule has 0 fully saturated rings. The fourth-order valence-corrected chi connectivity index (χ4v) is 1.39. The second kappa shape index (κ2) is 6.85. The molecule has 0 saturated heterocycles. The van der Waals surface area contributed by atoms with Crippen LogP contribution in [0.25, 0.3) is 0 Å². The first-order valence-corrected chi connectivity index (χ1v) is 5.51. The third-order valence-electron chi connectivity index (χ3n) is 2.24. The van der Waals surface area contributed by atoms with Gasteiger partial charge in [0.05, 0.1) is 12.7 Å². The maximum atomic E-state index is 13.0. The standard InChI is InChI=1S/C12H17FN2O2/c1-3-14-6-7-15-12(16)10-8-9(13)4-5-11(10)17-2/h4-5,8,14H,3,6-7H2,1-2H3,(H,15,16). The molecule has 0 spiro atoms. The largest absolute Gasteiger partial charge is 0.496 e. The molecule has 0 heterocycles. The number of halogens is 1. The Morgan fingerprint density at radius 1 is 1.41 bits per heavy atom. The van der Waals surface area contributed by atoms with E-state index >= 15 is 0 Å². The maximum absolute atomic E-state index is 13.0. The van der Waals surface area contributed by atoms with E-state index in [0.29, 0.717) is 18.8 Å². The molecule has 2 N–H and O–H groups in total. The fraction of sp³-hybridized carbons (Fsp3) is 0.417. The lowest BCUT2D eigenvalue weighted by molar-refractivity contribution is 0.0950. The van der Waals surface area contributed by atoms with Crippen LogP contribution in [-0.2, 0) is 0 Å². The van der Waals surface area contributed by atoms with E-state index < -0.39 is 5.82 Å². The first-order chi connectivity index (χ1) is 8.19. The highest BCUT2D eigenvalue weighted by atomic mass is 19.1. The molecule has 0 aliphatic carbocycles. The van der Waals surface area contributed by atoms with Gasteiger partial charge >= 0.3 is 0 Å². The normalized spacial score (nSPS) is 10.1. The minimum absolute atomic E-state index is 0.212. The smallest absolute Gasteiger partial charge is 0.255 e. The van der Waals surface area contributed by atoms with Crippen LogP contribution in [0.4, 0.5) is 4.39 Å². The van der Waals surface area contributed by atoms with Crippen molar-refractivity contribution in [3.05, 3.63) is 29.6 Å². The van der Waals surface area contributed by atoms with E-state index in [9.17, 15) is 9.18 Å². The average molecular weight is 240 g/mol. The number of amides is 1. The van der Waals surface area contributed by atoms with Crippen molar-refractivity contribution in [2.45, 2.75) is 6.92 Å². The lowest BCUT2D eigenvalue weighted by atomic mass is 10.2. The van der Waals surface area contributed by atoms with Gasteiger partial charge in [-0.25, -0.2) is 4.39 Å². The number of nitrogens with one attached hydrogen (secondary N) is 2. The van der Waals surface area contributed by atoms with Crippen LogP contribution in [-0.4, -0.2) is 32.7 Å². The number of rotatable bonds is 6. The van der Waals surface area contributed by atoms with E-state index in [2.05, 4.69) is 10.6 Å². The van der Waals surface area contributed by atoms with E-state index in [1.165, 1.54) is 25.3 Å². The molecule has 0 saturated carbocycles. The predicted molar refractivity (Wildman–Crippen MR) is 63.8 cm³/mol. The molecule has 17 heavy (non-hydrogen) atoms. The highest BCUT2D eigenvalue weighted by Gasteiger charge is 2.12. The number of carbonyl (C=O) groups excluding carboxylic acids is 1. The van der Waals surface area contributed by atoms with Gasteiger partial charge in [0, 0.05) is 13.1 Å². The van der Waals surface area contributed by atoms with Crippen molar-refractivity contribution < 1.29 is 13.9 Å². The van der Waals surface area contributed by atoms with Crippen molar-refractivity contribution in [3.63, 3.8) is 0 Å². The molecule has 94 valence electrons. The lowest BCUT2D eigenvalue weighted by Gasteiger charge is -2.09. The van der Waals surface area contributed by atoms with Crippen molar-refractivity contribution in [1.29, 1.82) is 0 Å². The van der Waals surface area contributed by atoms with Crippen LogP contribution in [0.2, 0.25) is 0 Å². The zero-order valence-electron chi connectivity index (χ0n) is 10.0. The van der Waals surface area contributed by atoms with E-state index in [-0.39, 0.29) is 11.5 Å². The summed E-state index contributed by atoms with van der Waals surface area (Å²) < 4.78 is 18.0. The Bertz CT molecular complexity index is 383. The van der Waals surface area contributed by atoms with Crippen LogP contribution in [0.15, 0.2) is 18.2 Å². The first kappa shape index (κ1) is 13.4. The Morgan fingerprint density at radius 3 is 2.82 bits per heavy atom. The van der Waals surface area contributed by atoms with Crippen molar-refractivity contribution in [2.24, 2.45) is 0 Å². The Hall–Kier alpha value is -1.62.